The van der Waals surface area contributed by atoms with Crippen LogP contribution in [-0.4, -0.2) is 30.0 Å². The van der Waals surface area contributed by atoms with Crippen LogP contribution in [0.15, 0.2) is 0 Å². The van der Waals surface area contributed by atoms with E-state index in [1.165, 1.54) is 6.92 Å². The number of nitrogens with one attached hydrogen (secondary N) is 1. The quantitative estimate of drug-likeness (QED) is 0.553. The maximum absolute atomic E-state index is 12.7. The number of halogens is 2. The molecule has 1 heterocycles. The third-order valence-electron chi connectivity index (χ3n) is 1.73. The molecule has 0 saturated carbocycles. The van der Waals surface area contributed by atoms with E-state index in [0.29, 0.717) is 19.5 Å². The Hall–Kier alpha value is 0.140. The molecule has 62 valence electrons. The van der Waals surface area contributed by atoms with Crippen LogP contribution in [0.4, 0.5) is 4.39 Å². The van der Waals surface area contributed by atoms with Gasteiger partial charge in [-0.15, -0.1) is 12.4 Å². The first kappa shape index (κ1) is 10.1. The third-order valence-corrected chi connectivity index (χ3v) is 1.73. The van der Waals surface area contributed by atoms with Gasteiger partial charge in [0.05, 0.1) is 0 Å². The van der Waals surface area contributed by atoms with Crippen LogP contribution < -0.4 is 5.32 Å². The van der Waals surface area contributed by atoms with Crippen molar-refractivity contribution in [3.8, 4) is 0 Å². The Balaban J connectivity index is 0.000000810. The van der Waals surface area contributed by atoms with Gasteiger partial charge in [-0.25, -0.2) is 4.39 Å². The summed E-state index contributed by atoms with van der Waals surface area (Å²) in [5, 5.41) is 12.1. The van der Waals surface area contributed by atoms with Crippen molar-refractivity contribution in [3.05, 3.63) is 0 Å². The van der Waals surface area contributed by atoms with Gasteiger partial charge in [-0.3, -0.25) is 0 Å². The van der Waals surface area contributed by atoms with Gasteiger partial charge < -0.3 is 10.4 Å². The smallest absolute Gasteiger partial charge is 0.131 e. The zero-order chi connectivity index (χ0) is 6.91. The molecule has 1 aliphatic rings. The molecular formula is C6H13ClFNO. The van der Waals surface area contributed by atoms with E-state index in [1.807, 2.05) is 0 Å². The molecule has 4 heteroatoms. The van der Waals surface area contributed by atoms with E-state index in [4.69, 9.17) is 0 Å². The van der Waals surface area contributed by atoms with E-state index in [0.717, 1.165) is 0 Å². The molecule has 0 aromatic heterocycles. The highest BCUT2D eigenvalue weighted by Gasteiger charge is 2.34. The minimum absolute atomic E-state index is 0. The van der Waals surface area contributed by atoms with E-state index in [1.54, 1.807) is 0 Å². The first-order valence-corrected chi connectivity index (χ1v) is 3.20. The molecule has 2 N–H and O–H groups in total. The maximum Gasteiger partial charge on any atom is 0.131 e. The van der Waals surface area contributed by atoms with Crippen molar-refractivity contribution >= 4 is 12.4 Å². The van der Waals surface area contributed by atoms with Crippen LogP contribution in [-0.2, 0) is 0 Å². The minimum Gasteiger partial charge on any atom is -0.386 e. The summed E-state index contributed by atoms with van der Waals surface area (Å²) >= 11 is 0. The van der Waals surface area contributed by atoms with Gasteiger partial charge in [-0.2, -0.15) is 0 Å². The number of aliphatic hydroxyl groups is 1. The number of β-amino-alcohol motifs (C(OH)–C–C–N with tert-alkyl or cyclic N) is 1. The number of hydrogen-bond donors (Lipinski definition) is 2. The second kappa shape index (κ2) is 3.51. The Morgan fingerprint density at radius 1 is 1.70 bits per heavy atom. The molecule has 0 radical (unpaired) electrons. The van der Waals surface area contributed by atoms with E-state index in [-0.39, 0.29) is 12.4 Å². The summed E-state index contributed by atoms with van der Waals surface area (Å²) < 4.78 is 12.7. The van der Waals surface area contributed by atoms with E-state index >= 15 is 0 Å². The van der Waals surface area contributed by atoms with Gasteiger partial charge in [0.2, 0.25) is 0 Å². The molecule has 2 nitrogen and oxygen atoms in total. The first-order chi connectivity index (χ1) is 4.13. The van der Waals surface area contributed by atoms with Crippen LogP contribution >= 0.6 is 12.4 Å². The van der Waals surface area contributed by atoms with Crippen LogP contribution in [0.2, 0.25) is 0 Å². The summed E-state index contributed by atoms with van der Waals surface area (Å²) in [4.78, 5) is 0. The van der Waals surface area contributed by atoms with Crippen molar-refractivity contribution in [2.24, 2.45) is 0 Å². The SMILES string of the molecule is C[C@@]1(O)CNCC[C@@H]1F.Cl. The molecule has 1 rings (SSSR count). The summed E-state index contributed by atoms with van der Waals surface area (Å²) in [5.41, 5.74) is -1.14. The van der Waals surface area contributed by atoms with Crippen LogP contribution in [0.25, 0.3) is 0 Å². The molecule has 10 heavy (non-hydrogen) atoms. The Bertz CT molecular complexity index is 110. The maximum atomic E-state index is 12.7. The summed E-state index contributed by atoms with van der Waals surface area (Å²) in [7, 11) is 0. The van der Waals surface area contributed by atoms with Crippen molar-refractivity contribution in [2.45, 2.75) is 25.1 Å². The first-order valence-electron chi connectivity index (χ1n) is 3.20. The molecule has 0 aliphatic carbocycles. The van der Waals surface area contributed by atoms with Crippen LogP contribution in [0.1, 0.15) is 13.3 Å². The summed E-state index contributed by atoms with van der Waals surface area (Å²) in [6.45, 7) is 2.56. The average molecular weight is 170 g/mol. The fraction of sp³-hybridized carbons (Fsp3) is 1.00. The highest BCUT2D eigenvalue weighted by Crippen LogP contribution is 2.18. The normalized spacial score (nSPS) is 40.5. The monoisotopic (exact) mass is 169 g/mol. The largest absolute Gasteiger partial charge is 0.386 e. The zero-order valence-corrected chi connectivity index (χ0v) is 6.75. The topological polar surface area (TPSA) is 32.3 Å². The molecule has 0 unspecified atom stereocenters. The number of rotatable bonds is 0. The van der Waals surface area contributed by atoms with E-state index in [9.17, 15) is 9.50 Å². The van der Waals surface area contributed by atoms with E-state index < -0.39 is 11.8 Å². The molecule has 1 aliphatic heterocycles. The lowest BCUT2D eigenvalue weighted by Gasteiger charge is -2.32. The zero-order valence-electron chi connectivity index (χ0n) is 5.93. The van der Waals surface area contributed by atoms with Gasteiger partial charge in [-0.05, 0) is 19.9 Å². The second-order valence-electron chi connectivity index (χ2n) is 2.79. The van der Waals surface area contributed by atoms with Crippen molar-refractivity contribution in [3.63, 3.8) is 0 Å². The van der Waals surface area contributed by atoms with Crippen molar-refractivity contribution in [2.75, 3.05) is 13.1 Å². The molecule has 0 bridgehead atoms. The van der Waals surface area contributed by atoms with Gasteiger partial charge in [0, 0.05) is 6.54 Å². The highest BCUT2D eigenvalue weighted by atomic mass is 35.5. The predicted octanol–water partition coefficient (Wildman–Crippen LogP) is 0.491. The fourth-order valence-corrected chi connectivity index (χ4v) is 0.992. The standard InChI is InChI=1S/C6H12FNO.ClH/c1-6(9)4-8-3-2-5(6)7;/h5,8-9H,2-4H2,1H3;1H/t5-,6+;/m0./s1. The Morgan fingerprint density at radius 2 is 2.30 bits per heavy atom. The second-order valence-corrected chi connectivity index (χ2v) is 2.79. The lowest BCUT2D eigenvalue weighted by Crippen LogP contribution is -2.51. The van der Waals surface area contributed by atoms with Crippen LogP contribution in [0, 0.1) is 0 Å². The lowest BCUT2D eigenvalue weighted by molar-refractivity contribution is -0.0360. The molecule has 0 spiro atoms. The van der Waals surface area contributed by atoms with Crippen molar-refractivity contribution in [1.82, 2.24) is 5.32 Å². The van der Waals surface area contributed by atoms with Crippen LogP contribution in [0.5, 0.6) is 0 Å². The van der Waals surface area contributed by atoms with Gasteiger partial charge in [0.1, 0.15) is 11.8 Å². The molecule has 0 aromatic carbocycles. The fourth-order valence-electron chi connectivity index (χ4n) is 0.992. The van der Waals surface area contributed by atoms with E-state index in [2.05, 4.69) is 5.32 Å². The Morgan fingerprint density at radius 3 is 2.60 bits per heavy atom. The third kappa shape index (κ3) is 2.08. The molecule has 1 saturated heterocycles. The molecule has 2 atom stereocenters. The Labute approximate surface area is 66.2 Å². The van der Waals surface area contributed by atoms with Crippen molar-refractivity contribution in [1.29, 1.82) is 0 Å². The molecular weight excluding hydrogens is 157 g/mol. The summed E-state index contributed by atoms with van der Waals surface area (Å²) in [6.07, 6.45) is -0.633. The number of piperidine rings is 1. The van der Waals surface area contributed by atoms with Gasteiger partial charge in [0.25, 0.3) is 0 Å². The minimum atomic E-state index is -1.14. The number of hydrogen-bond acceptors (Lipinski definition) is 2. The average Bonchev–Trinajstić information content (AvgIpc) is 1.77. The van der Waals surface area contributed by atoms with Gasteiger partial charge in [0.15, 0.2) is 0 Å². The highest BCUT2D eigenvalue weighted by molar-refractivity contribution is 5.85. The predicted molar refractivity (Wildman–Crippen MR) is 40.3 cm³/mol. The molecule has 0 aromatic rings. The molecule has 1 fully saturated rings. The van der Waals surface area contributed by atoms with Crippen LogP contribution in [0.3, 0.4) is 0 Å². The molecule has 0 amide bonds. The lowest BCUT2D eigenvalue weighted by atomic mass is 9.95. The van der Waals surface area contributed by atoms with Gasteiger partial charge in [-0.1, -0.05) is 0 Å². The summed E-state index contributed by atoms with van der Waals surface area (Å²) in [6, 6.07) is 0. The summed E-state index contributed by atoms with van der Waals surface area (Å²) in [5.74, 6) is 0. The Kier molecular flexibility index (Phi) is 3.56. The number of alkyl halides is 1. The van der Waals surface area contributed by atoms with Crippen molar-refractivity contribution < 1.29 is 9.50 Å². The van der Waals surface area contributed by atoms with Gasteiger partial charge >= 0.3 is 0 Å².